The molecule has 1 aliphatic heterocycles. The summed E-state index contributed by atoms with van der Waals surface area (Å²) in [5.74, 6) is 0.273. The number of hydrogen-bond acceptors (Lipinski definition) is 1. The summed E-state index contributed by atoms with van der Waals surface area (Å²) in [6, 6.07) is 12.5. The molecule has 2 aromatic rings. The third-order valence-corrected chi connectivity index (χ3v) is 4.36. The van der Waals surface area contributed by atoms with Gasteiger partial charge in [-0.2, -0.15) is 0 Å². The number of aryl methyl sites for hydroxylation is 1. The Bertz CT molecular complexity index is 597. The third-order valence-electron chi connectivity index (χ3n) is 4.36. The first-order valence-corrected chi connectivity index (χ1v) is 7.71. The monoisotopic (exact) mass is 282 g/mol. The summed E-state index contributed by atoms with van der Waals surface area (Å²) in [6.07, 6.45) is 6.93. The molecule has 0 saturated carbocycles. The zero-order valence-corrected chi connectivity index (χ0v) is 12.5. The number of hydrogen-bond donors (Lipinski definition) is 0. The zero-order valence-electron chi connectivity index (χ0n) is 12.5. The quantitative estimate of drug-likeness (QED) is 0.843. The average Bonchev–Trinajstić information content (AvgIpc) is 3.18. The van der Waals surface area contributed by atoms with E-state index in [1.54, 1.807) is 0 Å². The van der Waals surface area contributed by atoms with Crippen LogP contribution in [-0.4, -0.2) is 28.5 Å². The number of likely N-dealkylation sites (tertiary alicyclic amines) is 1. The number of nitrogens with zero attached hydrogens (tertiary/aromatic N) is 2. The second-order valence-corrected chi connectivity index (χ2v) is 5.79. The van der Waals surface area contributed by atoms with Crippen LogP contribution in [0.25, 0.3) is 0 Å². The molecule has 1 aromatic carbocycles. The third kappa shape index (κ3) is 3.02. The van der Waals surface area contributed by atoms with Crippen molar-refractivity contribution in [3.05, 3.63) is 59.9 Å². The van der Waals surface area contributed by atoms with Gasteiger partial charge in [0.15, 0.2) is 0 Å². The highest BCUT2D eigenvalue weighted by atomic mass is 16.2. The molecule has 2 heterocycles. The highest BCUT2D eigenvalue weighted by molar-refractivity contribution is 5.77. The minimum absolute atomic E-state index is 0.0919. The molecule has 21 heavy (non-hydrogen) atoms. The normalized spacial score (nSPS) is 16.1. The van der Waals surface area contributed by atoms with Gasteiger partial charge in [0.05, 0.1) is 12.5 Å². The Labute approximate surface area is 126 Å². The van der Waals surface area contributed by atoms with Crippen LogP contribution in [0.5, 0.6) is 0 Å². The topological polar surface area (TPSA) is 25.2 Å². The lowest BCUT2D eigenvalue weighted by Gasteiger charge is -2.24. The maximum absolute atomic E-state index is 12.5. The van der Waals surface area contributed by atoms with Crippen molar-refractivity contribution >= 4 is 5.91 Å². The van der Waals surface area contributed by atoms with Crippen molar-refractivity contribution in [3.63, 3.8) is 0 Å². The van der Waals surface area contributed by atoms with Crippen molar-refractivity contribution in [2.24, 2.45) is 0 Å². The van der Waals surface area contributed by atoms with E-state index in [1.807, 2.05) is 35.5 Å². The summed E-state index contributed by atoms with van der Waals surface area (Å²) in [4.78, 5) is 14.6. The lowest BCUT2D eigenvalue weighted by Crippen LogP contribution is -2.30. The van der Waals surface area contributed by atoms with Crippen molar-refractivity contribution in [1.82, 2.24) is 9.47 Å². The van der Waals surface area contributed by atoms with Crippen LogP contribution in [0.2, 0.25) is 0 Å². The van der Waals surface area contributed by atoms with E-state index in [-0.39, 0.29) is 11.9 Å². The Morgan fingerprint density at radius 3 is 2.43 bits per heavy atom. The van der Waals surface area contributed by atoms with E-state index < -0.39 is 0 Å². The van der Waals surface area contributed by atoms with Gasteiger partial charge in [0.25, 0.3) is 0 Å². The molecule has 1 aliphatic rings. The first kappa shape index (κ1) is 13.9. The van der Waals surface area contributed by atoms with Gasteiger partial charge in [-0.05, 0) is 43.0 Å². The molecule has 0 bridgehead atoms. The van der Waals surface area contributed by atoms with Crippen LogP contribution in [0.3, 0.4) is 0 Å². The van der Waals surface area contributed by atoms with Gasteiger partial charge in [-0.25, -0.2) is 0 Å². The summed E-state index contributed by atoms with van der Waals surface area (Å²) in [5.41, 5.74) is 2.48. The van der Waals surface area contributed by atoms with E-state index in [1.165, 1.54) is 11.1 Å². The van der Waals surface area contributed by atoms with Gasteiger partial charge < -0.3 is 9.47 Å². The van der Waals surface area contributed by atoms with Crippen LogP contribution in [0.4, 0.5) is 0 Å². The molecule has 1 saturated heterocycles. The van der Waals surface area contributed by atoms with Crippen molar-refractivity contribution in [2.45, 2.75) is 32.2 Å². The number of amides is 1. The lowest BCUT2D eigenvalue weighted by molar-refractivity contribution is -0.130. The van der Waals surface area contributed by atoms with E-state index in [9.17, 15) is 4.79 Å². The minimum atomic E-state index is 0.0919. The molecule has 1 amide bonds. The van der Waals surface area contributed by atoms with Gasteiger partial charge in [0.2, 0.25) is 5.91 Å². The van der Waals surface area contributed by atoms with E-state index in [0.29, 0.717) is 6.42 Å². The molecule has 3 rings (SSSR count). The Balaban J connectivity index is 1.87. The second-order valence-electron chi connectivity index (χ2n) is 5.79. The molecule has 0 unspecified atom stereocenters. The smallest absolute Gasteiger partial charge is 0.225 e. The van der Waals surface area contributed by atoms with Gasteiger partial charge >= 0.3 is 0 Å². The van der Waals surface area contributed by atoms with Gasteiger partial charge in [-0.1, -0.05) is 24.3 Å². The lowest BCUT2D eigenvalue weighted by atomic mass is 9.98. The molecule has 1 atom stereocenters. The van der Waals surface area contributed by atoms with Crippen molar-refractivity contribution in [1.29, 1.82) is 0 Å². The van der Waals surface area contributed by atoms with Crippen LogP contribution >= 0.6 is 0 Å². The molecule has 0 aliphatic carbocycles. The van der Waals surface area contributed by atoms with Crippen LogP contribution in [0.1, 0.15) is 36.4 Å². The van der Waals surface area contributed by atoms with Crippen LogP contribution in [0.15, 0.2) is 48.8 Å². The molecule has 1 aromatic heterocycles. The number of benzene rings is 1. The Kier molecular flexibility index (Phi) is 4.09. The summed E-state index contributed by atoms with van der Waals surface area (Å²) < 4.78 is 2.15. The summed E-state index contributed by atoms with van der Waals surface area (Å²) in [5, 5.41) is 0. The van der Waals surface area contributed by atoms with E-state index >= 15 is 0 Å². The maximum atomic E-state index is 12.5. The number of carbonyl (C=O) groups is 1. The zero-order chi connectivity index (χ0) is 14.7. The maximum Gasteiger partial charge on any atom is 0.225 e. The molecular formula is C18H22N2O. The van der Waals surface area contributed by atoms with Crippen LogP contribution in [-0.2, 0) is 4.79 Å². The highest BCUT2D eigenvalue weighted by Gasteiger charge is 2.24. The summed E-state index contributed by atoms with van der Waals surface area (Å²) in [7, 11) is 0. The number of carbonyl (C=O) groups excluding carboxylic acids is 1. The Morgan fingerprint density at radius 1 is 1.10 bits per heavy atom. The van der Waals surface area contributed by atoms with Crippen LogP contribution in [0, 0.1) is 6.92 Å². The van der Waals surface area contributed by atoms with E-state index in [4.69, 9.17) is 0 Å². The minimum Gasteiger partial charge on any atom is -0.346 e. The fraction of sp³-hybridized carbons (Fsp3) is 0.389. The van der Waals surface area contributed by atoms with Crippen molar-refractivity contribution in [2.75, 3.05) is 13.1 Å². The van der Waals surface area contributed by atoms with E-state index in [0.717, 1.165) is 25.9 Å². The second kappa shape index (κ2) is 6.17. The van der Waals surface area contributed by atoms with Gasteiger partial charge in [-0.15, -0.1) is 0 Å². The fourth-order valence-electron chi connectivity index (χ4n) is 3.15. The SMILES string of the molecule is Cc1ccccc1[C@@H](CC(=O)N1CCCC1)n1cccc1. The molecule has 0 spiro atoms. The highest BCUT2D eigenvalue weighted by Crippen LogP contribution is 2.26. The van der Waals surface area contributed by atoms with E-state index in [2.05, 4.69) is 29.7 Å². The van der Waals surface area contributed by atoms with Gasteiger partial charge in [0.1, 0.15) is 0 Å². The molecule has 0 N–H and O–H groups in total. The number of aromatic nitrogens is 1. The molecule has 110 valence electrons. The predicted octanol–water partition coefficient (Wildman–Crippen LogP) is 3.40. The summed E-state index contributed by atoms with van der Waals surface area (Å²) >= 11 is 0. The molecule has 3 nitrogen and oxygen atoms in total. The summed E-state index contributed by atoms with van der Waals surface area (Å²) in [6.45, 7) is 3.96. The Morgan fingerprint density at radius 2 is 1.76 bits per heavy atom. The van der Waals surface area contributed by atoms with Gasteiger partial charge in [0, 0.05) is 25.5 Å². The fourth-order valence-corrected chi connectivity index (χ4v) is 3.15. The number of rotatable bonds is 4. The van der Waals surface area contributed by atoms with Crippen LogP contribution < -0.4 is 0 Å². The van der Waals surface area contributed by atoms with Gasteiger partial charge in [-0.3, -0.25) is 4.79 Å². The molecule has 0 radical (unpaired) electrons. The first-order chi connectivity index (χ1) is 10.3. The average molecular weight is 282 g/mol. The largest absolute Gasteiger partial charge is 0.346 e. The standard InChI is InChI=1S/C18H22N2O/c1-15-8-2-3-9-16(15)17(19-10-4-5-11-19)14-18(21)20-12-6-7-13-20/h2-5,8-11,17H,6-7,12-14H2,1H3/t17-/m1/s1. The van der Waals surface area contributed by atoms with Crippen molar-refractivity contribution < 1.29 is 4.79 Å². The predicted molar refractivity (Wildman–Crippen MR) is 84.2 cm³/mol. The molecule has 1 fully saturated rings. The first-order valence-electron chi connectivity index (χ1n) is 7.71. The Hall–Kier alpha value is -2.03. The molecule has 3 heteroatoms. The van der Waals surface area contributed by atoms with Crippen molar-refractivity contribution in [3.8, 4) is 0 Å². The molecular weight excluding hydrogens is 260 g/mol.